The largest absolute Gasteiger partial charge is 0.466 e. The van der Waals surface area contributed by atoms with E-state index in [0.29, 0.717) is 6.54 Å². The Labute approximate surface area is 97.9 Å². The van der Waals surface area contributed by atoms with Crippen molar-refractivity contribution in [2.45, 2.75) is 52.7 Å². The molecule has 0 aliphatic carbocycles. The summed E-state index contributed by atoms with van der Waals surface area (Å²) in [4.78, 5) is 0. The molecule has 0 aliphatic rings. The lowest BCUT2D eigenvalue weighted by atomic mass is 9.97. The third kappa shape index (κ3) is 3.35. The number of aryl methyl sites for hydroxylation is 2. The minimum Gasteiger partial charge on any atom is -0.466 e. The van der Waals surface area contributed by atoms with Gasteiger partial charge >= 0.3 is 0 Å². The summed E-state index contributed by atoms with van der Waals surface area (Å²) in [5.41, 5.74) is 0.596. The van der Waals surface area contributed by atoms with E-state index in [-0.39, 0.29) is 0 Å². The molecule has 3 nitrogen and oxygen atoms in total. The van der Waals surface area contributed by atoms with Crippen LogP contribution in [0.3, 0.4) is 0 Å². The highest BCUT2D eigenvalue weighted by Gasteiger charge is 2.21. The van der Waals surface area contributed by atoms with Crippen molar-refractivity contribution in [3.63, 3.8) is 0 Å². The lowest BCUT2D eigenvalue weighted by Gasteiger charge is -2.25. The number of hydrogen-bond donors (Lipinski definition) is 2. The van der Waals surface area contributed by atoms with Crippen LogP contribution in [0.1, 0.15) is 43.8 Å². The average Bonchev–Trinajstić information content (AvgIpc) is 2.57. The fourth-order valence-electron chi connectivity index (χ4n) is 1.79. The van der Waals surface area contributed by atoms with E-state index >= 15 is 0 Å². The second kappa shape index (κ2) is 5.51. The number of hydrogen-bond acceptors (Lipinski definition) is 3. The first kappa shape index (κ1) is 13.3. The van der Waals surface area contributed by atoms with Crippen LogP contribution in [0.15, 0.2) is 10.5 Å². The average molecular weight is 225 g/mol. The molecule has 1 aromatic heterocycles. The normalized spacial score (nSPS) is 12.1. The topological polar surface area (TPSA) is 45.4 Å². The third-order valence-electron chi connectivity index (χ3n) is 3.23. The van der Waals surface area contributed by atoms with Gasteiger partial charge in [-0.3, -0.25) is 0 Å². The van der Waals surface area contributed by atoms with Crippen LogP contribution in [-0.4, -0.2) is 17.3 Å². The van der Waals surface area contributed by atoms with Gasteiger partial charge in [0.05, 0.1) is 5.60 Å². The molecule has 0 atom stereocenters. The van der Waals surface area contributed by atoms with Gasteiger partial charge in [-0.05, 0) is 32.8 Å². The van der Waals surface area contributed by atoms with Crippen LogP contribution in [-0.2, 0) is 6.54 Å². The molecular formula is C13H23NO2. The summed E-state index contributed by atoms with van der Waals surface area (Å²) < 4.78 is 5.45. The summed E-state index contributed by atoms with van der Waals surface area (Å²) in [6.07, 6.45) is 1.56. The Kier molecular flexibility index (Phi) is 4.56. The molecular weight excluding hydrogens is 202 g/mol. The van der Waals surface area contributed by atoms with Crippen LogP contribution in [0.5, 0.6) is 0 Å². The highest BCUT2D eigenvalue weighted by molar-refractivity contribution is 5.19. The zero-order valence-corrected chi connectivity index (χ0v) is 10.8. The lowest BCUT2D eigenvalue weighted by molar-refractivity contribution is 0.0322. The van der Waals surface area contributed by atoms with E-state index < -0.39 is 5.60 Å². The first-order valence-electron chi connectivity index (χ1n) is 5.99. The summed E-state index contributed by atoms with van der Waals surface area (Å²) >= 11 is 0. The monoisotopic (exact) mass is 225 g/mol. The molecule has 0 unspecified atom stereocenters. The van der Waals surface area contributed by atoms with E-state index in [0.717, 1.165) is 30.9 Å². The number of aliphatic hydroxyl groups is 1. The first-order valence-corrected chi connectivity index (χ1v) is 5.99. The van der Waals surface area contributed by atoms with Gasteiger partial charge in [-0.25, -0.2) is 0 Å². The van der Waals surface area contributed by atoms with E-state index in [1.807, 2.05) is 33.8 Å². The fraction of sp³-hybridized carbons (Fsp3) is 0.692. The Bertz CT molecular complexity index is 327. The van der Waals surface area contributed by atoms with Crippen molar-refractivity contribution in [3.05, 3.63) is 23.2 Å². The van der Waals surface area contributed by atoms with Gasteiger partial charge in [-0.2, -0.15) is 0 Å². The van der Waals surface area contributed by atoms with Crippen LogP contribution < -0.4 is 5.32 Å². The summed E-state index contributed by atoms with van der Waals surface area (Å²) in [7, 11) is 0. The maximum Gasteiger partial charge on any atom is 0.105 e. The summed E-state index contributed by atoms with van der Waals surface area (Å²) in [5.74, 6) is 1.90. The molecule has 0 fully saturated rings. The Balaban J connectivity index is 2.44. The Morgan fingerprint density at radius 3 is 2.38 bits per heavy atom. The number of nitrogens with one attached hydrogen (secondary N) is 1. The smallest absolute Gasteiger partial charge is 0.105 e. The van der Waals surface area contributed by atoms with Gasteiger partial charge < -0.3 is 14.8 Å². The van der Waals surface area contributed by atoms with Crippen molar-refractivity contribution in [1.82, 2.24) is 5.32 Å². The molecule has 3 heteroatoms. The molecule has 0 bridgehead atoms. The number of furan rings is 1. The van der Waals surface area contributed by atoms with Crippen LogP contribution >= 0.6 is 0 Å². The Morgan fingerprint density at radius 1 is 1.31 bits per heavy atom. The van der Waals surface area contributed by atoms with Crippen molar-refractivity contribution in [3.8, 4) is 0 Å². The van der Waals surface area contributed by atoms with Crippen molar-refractivity contribution in [1.29, 1.82) is 0 Å². The first-order chi connectivity index (χ1) is 7.50. The zero-order chi connectivity index (χ0) is 12.2. The fourth-order valence-corrected chi connectivity index (χ4v) is 1.79. The third-order valence-corrected chi connectivity index (χ3v) is 3.23. The summed E-state index contributed by atoms with van der Waals surface area (Å²) in [5, 5.41) is 13.4. The maximum absolute atomic E-state index is 10.1. The van der Waals surface area contributed by atoms with Crippen molar-refractivity contribution < 1.29 is 9.52 Å². The molecule has 1 aromatic rings. The van der Waals surface area contributed by atoms with Crippen molar-refractivity contribution in [2.75, 3.05) is 6.54 Å². The van der Waals surface area contributed by atoms with Crippen molar-refractivity contribution in [2.24, 2.45) is 0 Å². The second-order valence-corrected chi connectivity index (χ2v) is 4.47. The highest BCUT2D eigenvalue weighted by Crippen LogP contribution is 2.15. The van der Waals surface area contributed by atoms with Crippen LogP contribution in [0, 0.1) is 13.8 Å². The quantitative estimate of drug-likeness (QED) is 0.782. The van der Waals surface area contributed by atoms with E-state index in [4.69, 9.17) is 4.42 Å². The Morgan fingerprint density at radius 2 is 1.94 bits per heavy atom. The molecule has 0 saturated carbocycles. The molecule has 0 amide bonds. The van der Waals surface area contributed by atoms with Gasteiger partial charge in [0, 0.05) is 18.7 Å². The van der Waals surface area contributed by atoms with Crippen molar-refractivity contribution >= 4 is 0 Å². The SMILES string of the molecule is CCC(O)(CC)CNCc1cc(C)oc1C. The second-order valence-electron chi connectivity index (χ2n) is 4.47. The molecule has 16 heavy (non-hydrogen) atoms. The van der Waals surface area contributed by atoms with Crippen LogP contribution in [0.25, 0.3) is 0 Å². The molecule has 1 rings (SSSR count). The minimum absolute atomic E-state index is 0.577. The molecule has 0 aromatic carbocycles. The standard InChI is InChI=1S/C13H23NO2/c1-5-13(15,6-2)9-14-8-12-7-10(3)16-11(12)4/h7,14-15H,5-6,8-9H2,1-4H3. The molecule has 0 spiro atoms. The van der Waals surface area contributed by atoms with Gasteiger partial charge in [0.2, 0.25) is 0 Å². The Hall–Kier alpha value is -0.800. The van der Waals surface area contributed by atoms with Gasteiger partial charge in [0.25, 0.3) is 0 Å². The maximum atomic E-state index is 10.1. The minimum atomic E-state index is -0.577. The van der Waals surface area contributed by atoms with E-state index in [9.17, 15) is 5.11 Å². The van der Waals surface area contributed by atoms with Crippen LogP contribution in [0.2, 0.25) is 0 Å². The van der Waals surface area contributed by atoms with Crippen LogP contribution in [0.4, 0.5) is 0 Å². The predicted molar refractivity (Wildman–Crippen MR) is 65.4 cm³/mol. The molecule has 0 saturated heterocycles. The van der Waals surface area contributed by atoms with E-state index in [1.54, 1.807) is 0 Å². The zero-order valence-electron chi connectivity index (χ0n) is 10.8. The number of rotatable bonds is 6. The summed E-state index contributed by atoms with van der Waals surface area (Å²) in [6.45, 7) is 9.33. The predicted octanol–water partition coefficient (Wildman–Crippen LogP) is 2.54. The lowest BCUT2D eigenvalue weighted by Crippen LogP contribution is -2.39. The van der Waals surface area contributed by atoms with E-state index in [2.05, 4.69) is 5.32 Å². The van der Waals surface area contributed by atoms with Gasteiger partial charge in [-0.1, -0.05) is 13.8 Å². The van der Waals surface area contributed by atoms with Gasteiger partial charge in [-0.15, -0.1) is 0 Å². The molecule has 0 aliphatic heterocycles. The van der Waals surface area contributed by atoms with E-state index in [1.165, 1.54) is 5.56 Å². The summed E-state index contributed by atoms with van der Waals surface area (Å²) in [6, 6.07) is 2.04. The molecule has 92 valence electrons. The van der Waals surface area contributed by atoms with Gasteiger partial charge in [0.1, 0.15) is 11.5 Å². The highest BCUT2D eigenvalue weighted by atomic mass is 16.3. The molecule has 1 heterocycles. The molecule has 0 radical (unpaired) electrons. The molecule has 2 N–H and O–H groups in total. The van der Waals surface area contributed by atoms with Gasteiger partial charge in [0.15, 0.2) is 0 Å².